The van der Waals surface area contributed by atoms with Crippen LogP contribution in [0.3, 0.4) is 0 Å². The third-order valence-corrected chi connectivity index (χ3v) is 6.28. The number of carbonyl (C=O) groups is 1. The molecule has 0 radical (unpaired) electrons. The standard InChI is InChI=1S/C16H23BrN2O3S/c1-19(14-5-3-2-4-6-14)16(20)11-12-18-23(21,22)15-9-7-13(17)8-10-15/h7-10,14,18H,2-6,11-12H2,1H3. The molecule has 0 unspecified atom stereocenters. The van der Waals surface area contributed by atoms with Gasteiger partial charge >= 0.3 is 0 Å². The van der Waals surface area contributed by atoms with Crippen LogP contribution in [-0.2, 0) is 14.8 Å². The van der Waals surface area contributed by atoms with Crippen molar-refractivity contribution in [3.8, 4) is 0 Å². The summed E-state index contributed by atoms with van der Waals surface area (Å²) in [7, 11) is -1.74. The van der Waals surface area contributed by atoms with E-state index in [1.165, 1.54) is 31.4 Å². The van der Waals surface area contributed by atoms with E-state index in [4.69, 9.17) is 0 Å². The minimum atomic E-state index is -3.56. The highest BCUT2D eigenvalue weighted by atomic mass is 79.9. The number of hydrogen-bond acceptors (Lipinski definition) is 3. The highest BCUT2D eigenvalue weighted by Crippen LogP contribution is 2.22. The average Bonchev–Trinajstić information content (AvgIpc) is 2.55. The maximum Gasteiger partial charge on any atom is 0.240 e. The molecular weight excluding hydrogens is 380 g/mol. The Balaban J connectivity index is 1.83. The summed E-state index contributed by atoms with van der Waals surface area (Å²) in [4.78, 5) is 14.2. The fraction of sp³-hybridized carbons (Fsp3) is 0.562. The quantitative estimate of drug-likeness (QED) is 0.795. The first-order valence-electron chi connectivity index (χ1n) is 7.91. The third-order valence-electron chi connectivity index (χ3n) is 4.27. The summed E-state index contributed by atoms with van der Waals surface area (Å²) in [5.74, 6) is -0.00425. The molecule has 1 N–H and O–H groups in total. The Labute approximate surface area is 146 Å². The molecule has 0 atom stereocenters. The summed E-state index contributed by atoms with van der Waals surface area (Å²) in [5.41, 5.74) is 0. The Morgan fingerprint density at radius 2 is 1.83 bits per heavy atom. The van der Waals surface area contributed by atoms with Gasteiger partial charge in [-0.2, -0.15) is 0 Å². The zero-order valence-electron chi connectivity index (χ0n) is 13.3. The van der Waals surface area contributed by atoms with Crippen LogP contribution in [0.4, 0.5) is 0 Å². The molecule has 5 nitrogen and oxygen atoms in total. The number of carbonyl (C=O) groups excluding carboxylic acids is 1. The average molecular weight is 403 g/mol. The van der Waals surface area contributed by atoms with Crippen molar-refractivity contribution >= 4 is 31.9 Å². The lowest BCUT2D eigenvalue weighted by Crippen LogP contribution is -2.39. The number of hydrogen-bond donors (Lipinski definition) is 1. The van der Waals surface area contributed by atoms with Gasteiger partial charge in [0, 0.05) is 30.5 Å². The first kappa shape index (κ1) is 18.4. The van der Waals surface area contributed by atoms with Crippen molar-refractivity contribution in [1.82, 2.24) is 9.62 Å². The monoisotopic (exact) mass is 402 g/mol. The van der Waals surface area contributed by atoms with Gasteiger partial charge in [0.15, 0.2) is 0 Å². The van der Waals surface area contributed by atoms with Crippen LogP contribution >= 0.6 is 15.9 Å². The molecule has 0 bridgehead atoms. The second-order valence-electron chi connectivity index (χ2n) is 5.90. The minimum absolute atomic E-state index is 0.00425. The van der Waals surface area contributed by atoms with E-state index >= 15 is 0 Å². The molecule has 1 aromatic carbocycles. The summed E-state index contributed by atoms with van der Waals surface area (Å²) in [6, 6.07) is 6.72. The van der Waals surface area contributed by atoms with Gasteiger partial charge in [-0.25, -0.2) is 13.1 Å². The number of amides is 1. The first-order valence-corrected chi connectivity index (χ1v) is 10.2. The molecule has 1 amide bonds. The molecule has 0 heterocycles. The molecule has 128 valence electrons. The van der Waals surface area contributed by atoms with Crippen molar-refractivity contribution in [1.29, 1.82) is 0 Å². The predicted molar refractivity (Wildman–Crippen MR) is 93.6 cm³/mol. The van der Waals surface area contributed by atoms with E-state index in [-0.39, 0.29) is 23.8 Å². The van der Waals surface area contributed by atoms with Gasteiger partial charge in [-0.05, 0) is 37.1 Å². The number of nitrogens with zero attached hydrogens (tertiary/aromatic N) is 1. The van der Waals surface area contributed by atoms with E-state index in [0.29, 0.717) is 6.04 Å². The van der Waals surface area contributed by atoms with Gasteiger partial charge in [0.25, 0.3) is 0 Å². The van der Waals surface area contributed by atoms with Gasteiger partial charge in [0.2, 0.25) is 15.9 Å². The highest BCUT2D eigenvalue weighted by molar-refractivity contribution is 9.10. The predicted octanol–water partition coefficient (Wildman–Crippen LogP) is 2.91. The number of benzene rings is 1. The normalized spacial score (nSPS) is 16.3. The Bertz CT molecular complexity index is 625. The van der Waals surface area contributed by atoms with Gasteiger partial charge < -0.3 is 4.90 Å². The van der Waals surface area contributed by atoms with Crippen LogP contribution in [0, 0.1) is 0 Å². The Morgan fingerprint density at radius 3 is 2.43 bits per heavy atom. The SMILES string of the molecule is CN(C(=O)CCNS(=O)(=O)c1ccc(Br)cc1)C1CCCCC1. The van der Waals surface area contributed by atoms with Crippen LogP contribution in [0.2, 0.25) is 0 Å². The summed E-state index contributed by atoms with van der Waals surface area (Å²) in [5, 5.41) is 0. The van der Waals surface area contributed by atoms with E-state index < -0.39 is 10.0 Å². The molecule has 7 heteroatoms. The third kappa shape index (κ3) is 5.29. The van der Waals surface area contributed by atoms with Gasteiger partial charge in [0.1, 0.15) is 0 Å². The van der Waals surface area contributed by atoms with E-state index in [2.05, 4.69) is 20.7 Å². The molecule has 1 aliphatic rings. The zero-order chi connectivity index (χ0) is 16.9. The van der Waals surface area contributed by atoms with Gasteiger partial charge in [0.05, 0.1) is 4.90 Å². The second kappa shape index (κ2) is 8.26. The number of nitrogens with one attached hydrogen (secondary N) is 1. The molecule has 0 saturated heterocycles. The van der Waals surface area contributed by atoms with Crippen LogP contribution in [0.5, 0.6) is 0 Å². The van der Waals surface area contributed by atoms with Crippen LogP contribution in [0.1, 0.15) is 38.5 Å². The Kier molecular flexibility index (Phi) is 6.61. The molecule has 0 aromatic heterocycles. The Morgan fingerprint density at radius 1 is 1.22 bits per heavy atom. The highest BCUT2D eigenvalue weighted by Gasteiger charge is 2.22. The first-order chi connectivity index (χ1) is 10.9. The molecular formula is C16H23BrN2O3S. The molecule has 1 saturated carbocycles. The summed E-state index contributed by atoms with van der Waals surface area (Å²) >= 11 is 3.27. The van der Waals surface area contributed by atoms with Gasteiger partial charge in [-0.1, -0.05) is 35.2 Å². The van der Waals surface area contributed by atoms with Crippen molar-refractivity contribution in [2.75, 3.05) is 13.6 Å². The topological polar surface area (TPSA) is 66.5 Å². The summed E-state index contributed by atoms with van der Waals surface area (Å²) < 4.78 is 27.6. The molecule has 23 heavy (non-hydrogen) atoms. The molecule has 1 fully saturated rings. The van der Waals surface area contributed by atoms with Gasteiger partial charge in [-0.15, -0.1) is 0 Å². The largest absolute Gasteiger partial charge is 0.343 e. The van der Waals surface area contributed by atoms with Crippen molar-refractivity contribution < 1.29 is 13.2 Å². The lowest BCUT2D eigenvalue weighted by molar-refractivity contribution is -0.132. The lowest BCUT2D eigenvalue weighted by Gasteiger charge is -2.31. The van der Waals surface area contributed by atoms with Crippen LogP contribution < -0.4 is 4.72 Å². The number of sulfonamides is 1. The Hall–Kier alpha value is -0.920. The van der Waals surface area contributed by atoms with Crippen molar-refractivity contribution in [3.63, 3.8) is 0 Å². The minimum Gasteiger partial charge on any atom is -0.343 e. The van der Waals surface area contributed by atoms with Crippen molar-refractivity contribution in [3.05, 3.63) is 28.7 Å². The van der Waals surface area contributed by atoms with Crippen LogP contribution in [0.25, 0.3) is 0 Å². The van der Waals surface area contributed by atoms with Crippen LogP contribution in [0.15, 0.2) is 33.6 Å². The number of halogens is 1. The molecule has 1 aliphatic carbocycles. The molecule has 0 aliphatic heterocycles. The molecule has 0 spiro atoms. The van der Waals surface area contributed by atoms with E-state index in [1.54, 1.807) is 17.0 Å². The van der Waals surface area contributed by atoms with Crippen molar-refractivity contribution in [2.24, 2.45) is 0 Å². The summed E-state index contributed by atoms with van der Waals surface area (Å²) in [6.45, 7) is 0.119. The second-order valence-corrected chi connectivity index (χ2v) is 8.58. The maximum atomic E-state index is 12.2. The fourth-order valence-corrected chi connectivity index (χ4v) is 4.13. The van der Waals surface area contributed by atoms with Crippen molar-refractivity contribution in [2.45, 2.75) is 49.5 Å². The lowest BCUT2D eigenvalue weighted by atomic mass is 9.94. The van der Waals surface area contributed by atoms with E-state index in [1.807, 2.05) is 7.05 Å². The van der Waals surface area contributed by atoms with Gasteiger partial charge in [-0.3, -0.25) is 4.79 Å². The summed E-state index contributed by atoms with van der Waals surface area (Å²) in [6.07, 6.45) is 5.85. The number of rotatable bonds is 6. The molecule has 2 rings (SSSR count). The smallest absolute Gasteiger partial charge is 0.240 e. The zero-order valence-corrected chi connectivity index (χ0v) is 15.7. The van der Waals surface area contributed by atoms with Crippen LogP contribution in [-0.4, -0.2) is 38.9 Å². The van der Waals surface area contributed by atoms with E-state index in [9.17, 15) is 13.2 Å². The maximum absolute atomic E-state index is 12.2. The van der Waals surface area contributed by atoms with E-state index in [0.717, 1.165) is 17.3 Å². The fourth-order valence-electron chi connectivity index (χ4n) is 2.84. The molecule has 1 aromatic rings.